The second kappa shape index (κ2) is 5.51. The Morgan fingerprint density at radius 2 is 2.38 bits per heavy atom. The lowest BCUT2D eigenvalue weighted by molar-refractivity contribution is 0.170. The molecule has 1 N–H and O–H groups in total. The van der Waals surface area contributed by atoms with Crippen molar-refractivity contribution in [2.24, 2.45) is 0 Å². The molecule has 0 radical (unpaired) electrons. The Kier molecular flexibility index (Phi) is 4.02. The van der Waals surface area contributed by atoms with Crippen LogP contribution < -0.4 is 5.32 Å². The van der Waals surface area contributed by atoms with Gasteiger partial charge in [-0.2, -0.15) is 0 Å². The molecule has 2 nitrogen and oxygen atoms in total. The number of likely N-dealkylation sites (N-methyl/N-ethyl adjacent to an activating group) is 1. The van der Waals surface area contributed by atoms with Gasteiger partial charge in [0.15, 0.2) is 0 Å². The van der Waals surface area contributed by atoms with Crippen LogP contribution in [0.5, 0.6) is 0 Å². The first-order valence-corrected chi connectivity index (χ1v) is 6.75. The third-order valence-electron chi connectivity index (χ3n) is 2.85. The van der Waals surface area contributed by atoms with Crippen LogP contribution in [0.3, 0.4) is 0 Å². The zero-order chi connectivity index (χ0) is 11.4. The number of ether oxygens (including phenoxy) is 1. The van der Waals surface area contributed by atoms with E-state index in [1.54, 1.807) is 0 Å². The summed E-state index contributed by atoms with van der Waals surface area (Å²) >= 11 is 1.88. The van der Waals surface area contributed by atoms with Crippen molar-refractivity contribution in [2.75, 3.05) is 13.7 Å². The number of aryl methyl sites for hydroxylation is 1. The number of thiophene rings is 1. The van der Waals surface area contributed by atoms with Crippen LogP contribution in [0.2, 0.25) is 0 Å². The molecule has 0 saturated carbocycles. The molecule has 0 amide bonds. The predicted molar refractivity (Wildman–Crippen MR) is 68.8 cm³/mol. The normalized spacial score (nSPS) is 17.8. The Morgan fingerprint density at radius 1 is 1.50 bits per heavy atom. The Morgan fingerprint density at radius 3 is 2.94 bits per heavy atom. The van der Waals surface area contributed by atoms with Gasteiger partial charge in [-0.3, -0.25) is 0 Å². The molecule has 16 heavy (non-hydrogen) atoms. The molecule has 1 aliphatic heterocycles. The van der Waals surface area contributed by atoms with Gasteiger partial charge in [0, 0.05) is 9.75 Å². The highest BCUT2D eigenvalue weighted by molar-refractivity contribution is 7.12. The van der Waals surface area contributed by atoms with Gasteiger partial charge in [0.25, 0.3) is 0 Å². The van der Waals surface area contributed by atoms with Crippen LogP contribution in [-0.4, -0.2) is 13.7 Å². The van der Waals surface area contributed by atoms with E-state index in [2.05, 4.69) is 30.4 Å². The second-order valence-electron chi connectivity index (χ2n) is 3.98. The summed E-state index contributed by atoms with van der Waals surface area (Å²) in [6.07, 6.45) is 5.61. The molecular weight excluding hydrogens is 218 g/mol. The molecule has 88 valence electrons. The third kappa shape index (κ3) is 2.47. The monoisotopic (exact) mass is 237 g/mol. The van der Waals surface area contributed by atoms with Crippen molar-refractivity contribution >= 4 is 11.3 Å². The minimum absolute atomic E-state index is 0.241. The number of hydrogen-bond donors (Lipinski definition) is 1. The Labute approximate surface area is 101 Å². The lowest BCUT2D eigenvalue weighted by Gasteiger charge is -2.22. The molecule has 2 heterocycles. The van der Waals surface area contributed by atoms with Crippen LogP contribution in [0.15, 0.2) is 24.0 Å². The van der Waals surface area contributed by atoms with Gasteiger partial charge < -0.3 is 10.1 Å². The summed E-state index contributed by atoms with van der Waals surface area (Å²) in [7, 11) is 1.99. The fraction of sp³-hybridized carbons (Fsp3) is 0.538. The van der Waals surface area contributed by atoms with Crippen molar-refractivity contribution in [1.82, 2.24) is 5.32 Å². The number of allylic oxidation sites excluding steroid dienone is 1. The molecule has 0 aliphatic carbocycles. The second-order valence-corrected chi connectivity index (χ2v) is 5.18. The Balaban J connectivity index is 2.17. The quantitative estimate of drug-likeness (QED) is 0.868. The van der Waals surface area contributed by atoms with E-state index in [1.165, 1.54) is 9.75 Å². The highest BCUT2D eigenvalue weighted by Crippen LogP contribution is 2.30. The first-order chi connectivity index (χ1) is 7.85. The van der Waals surface area contributed by atoms with Crippen molar-refractivity contribution in [3.63, 3.8) is 0 Å². The summed E-state index contributed by atoms with van der Waals surface area (Å²) in [6, 6.07) is 4.67. The molecule has 3 heteroatoms. The lowest BCUT2D eigenvalue weighted by Crippen LogP contribution is -2.21. The maximum absolute atomic E-state index is 5.73. The molecule has 0 saturated heterocycles. The van der Waals surface area contributed by atoms with Gasteiger partial charge in [-0.05, 0) is 44.5 Å². The average molecular weight is 237 g/mol. The maximum Gasteiger partial charge on any atom is 0.114 e. The molecule has 2 rings (SSSR count). The summed E-state index contributed by atoms with van der Waals surface area (Å²) in [5, 5.41) is 3.34. The summed E-state index contributed by atoms with van der Waals surface area (Å²) in [4.78, 5) is 2.79. The molecule has 0 bridgehead atoms. The maximum atomic E-state index is 5.73. The van der Waals surface area contributed by atoms with E-state index in [9.17, 15) is 0 Å². The van der Waals surface area contributed by atoms with Gasteiger partial charge in [0.05, 0.1) is 12.6 Å². The standard InChI is InChI=1S/C13H19NOS/c1-3-10-7-8-12(16-10)13(14-2)11-6-4-5-9-15-11/h6-8,13-14H,3-5,9H2,1-2H3. The Hall–Kier alpha value is -0.800. The summed E-state index contributed by atoms with van der Waals surface area (Å²) in [5.74, 6) is 1.10. The molecule has 1 aromatic heterocycles. The summed E-state index contributed by atoms with van der Waals surface area (Å²) < 4.78 is 5.73. The van der Waals surface area contributed by atoms with Gasteiger partial charge in [-0.25, -0.2) is 0 Å². The van der Waals surface area contributed by atoms with Crippen LogP contribution in [0, 0.1) is 0 Å². The van der Waals surface area contributed by atoms with E-state index in [-0.39, 0.29) is 6.04 Å². The van der Waals surface area contributed by atoms with E-state index < -0.39 is 0 Å². The molecule has 1 unspecified atom stereocenters. The fourth-order valence-electron chi connectivity index (χ4n) is 1.94. The molecule has 0 fully saturated rings. The minimum Gasteiger partial charge on any atom is -0.496 e. The van der Waals surface area contributed by atoms with Crippen LogP contribution in [0.4, 0.5) is 0 Å². The summed E-state index contributed by atoms with van der Waals surface area (Å²) in [5.41, 5.74) is 0. The zero-order valence-corrected chi connectivity index (χ0v) is 10.8. The molecular formula is C13H19NOS. The third-order valence-corrected chi connectivity index (χ3v) is 4.15. The van der Waals surface area contributed by atoms with Crippen LogP contribution >= 0.6 is 11.3 Å². The van der Waals surface area contributed by atoms with Crippen molar-refractivity contribution in [1.29, 1.82) is 0 Å². The largest absolute Gasteiger partial charge is 0.496 e. The number of hydrogen-bond acceptors (Lipinski definition) is 3. The van der Waals surface area contributed by atoms with E-state index in [0.29, 0.717) is 0 Å². The number of nitrogens with one attached hydrogen (secondary N) is 1. The lowest BCUT2D eigenvalue weighted by atomic mass is 10.1. The Bertz CT molecular complexity index is 370. The van der Waals surface area contributed by atoms with Crippen molar-refractivity contribution in [2.45, 2.75) is 32.2 Å². The molecule has 1 aliphatic rings. The van der Waals surface area contributed by atoms with Crippen molar-refractivity contribution in [3.05, 3.63) is 33.7 Å². The van der Waals surface area contributed by atoms with Gasteiger partial charge in [-0.15, -0.1) is 11.3 Å². The van der Waals surface area contributed by atoms with Crippen LogP contribution in [0.1, 0.15) is 35.6 Å². The number of rotatable bonds is 4. The minimum atomic E-state index is 0.241. The average Bonchev–Trinajstić information content (AvgIpc) is 2.80. The van der Waals surface area contributed by atoms with E-state index in [1.807, 2.05) is 18.4 Å². The molecule has 1 aromatic rings. The fourth-order valence-corrected chi connectivity index (χ4v) is 3.01. The van der Waals surface area contributed by atoms with Gasteiger partial charge in [-0.1, -0.05) is 6.92 Å². The van der Waals surface area contributed by atoms with Crippen LogP contribution in [-0.2, 0) is 11.2 Å². The van der Waals surface area contributed by atoms with E-state index in [0.717, 1.165) is 31.6 Å². The van der Waals surface area contributed by atoms with Gasteiger partial charge in [0.2, 0.25) is 0 Å². The van der Waals surface area contributed by atoms with Crippen LogP contribution in [0.25, 0.3) is 0 Å². The first kappa shape index (κ1) is 11.7. The van der Waals surface area contributed by atoms with Crippen molar-refractivity contribution < 1.29 is 4.74 Å². The van der Waals surface area contributed by atoms with E-state index in [4.69, 9.17) is 4.74 Å². The molecule has 1 atom stereocenters. The summed E-state index contributed by atoms with van der Waals surface area (Å²) in [6.45, 7) is 3.05. The smallest absolute Gasteiger partial charge is 0.114 e. The van der Waals surface area contributed by atoms with Gasteiger partial charge >= 0.3 is 0 Å². The SMILES string of the molecule is CCc1ccc(C(NC)C2=CCCCO2)s1. The molecule has 0 aromatic carbocycles. The molecule has 0 spiro atoms. The first-order valence-electron chi connectivity index (χ1n) is 5.94. The van der Waals surface area contributed by atoms with Gasteiger partial charge in [0.1, 0.15) is 5.76 Å². The topological polar surface area (TPSA) is 21.3 Å². The highest BCUT2D eigenvalue weighted by Gasteiger charge is 2.19. The highest BCUT2D eigenvalue weighted by atomic mass is 32.1. The van der Waals surface area contributed by atoms with Crippen molar-refractivity contribution in [3.8, 4) is 0 Å². The predicted octanol–water partition coefficient (Wildman–Crippen LogP) is 3.27. The van der Waals surface area contributed by atoms with E-state index >= 15 is 0 Å². The zero-order valence-electron chi connectivity index (χ0n) is 9.95.